The first-order valence-corrected chi connectivity index (χ1v) is 4.83. The topological polar surface area (TPSA) is 23.6 Å². The van der Waals surface area contributed by atoms with E-state index in [1.54, 1.807) is 0 Å². The van der Waals surface area contributed by atoms with Gasteiger partial charge in [0.25, 0.3) is 0 Å². The van der Waals surface area contributed by atoms with Crippen LogP contribution < -0.4 is 0 Å². The Kier molecular flexibility index (Phi) is 2.96. The molecule has 1 aliphatic rings. The van der Waals surface area contributed by atoms with Crippen molar-refractivity contribution in [2.45, 2.75) is 20.3 Å². The lowest BCUT2D eigenvalue weighted by Crippen LogP contribution is -2.37. The molecule has 1 saturated heterocycles. The van der Waals surface area contributed by atoms with Crippen LogP contribution in [0.2, 0.25) is 0 Å². The van der Waals surface area contributed by atoms with Crippen LogP contribution in [0.1, 0.15) is 20.3 Å². The SMILES string of the molecule is CN(C)CC(=O)N1CCC(C)(C)C1. The van der Waals surface area contributed by atoms with Crippen molar-refractivity contribution in [2.24, 2.45) is 5.41 Å². The third-order valence-electron chi connectivity index (χ3n) is 2.48. The highest BCUT2D eigenvalue weighted by molar-refractivity contribution is 5.78. The number of hydrogen-bond donors (Lipinski definition) is 0. The quantitative estimate of drug-likeness (QED) is 0.634. The van der Waals surface area contributed by atoms with E-state index in [2.05, 4.69) is 13.8 Å². The van der Waals surface area contributed by atoms with Crippen molar-refractivity contribution in [1.29, 1.82) is 0 Å². The summed E-state index contributed by atoms with van der Waals surface area (Å²) in [7, 11) is 3.86. The minimum absolute atomic E-state index is 0.260. The van der Waals surface area contributed by atoms with Gasteiger partial charge in [-0.3, -0.25) is 4.79 Å². The molecular formula is C10H20N2O. The second-order valence-electron chi connectivity index (χ2n) is 4.97. The summed E-state index contributed by atoms with van der Waals surface area (Å²) in [5.41, 5.74) is 0.321. The first kappa shape index (κ1) is 10.5. The molecule has 0 aromatic heterocycles. The van der Waals surface area contributed by atoms with Crippen molar-refractivity contribution in [3.8, 4) is 0 Å². The van der Waals surface area contributed by atoms with Crippen molar-refractivity contribution in [2.75, 3.05) is 33.7 Å². The Balaban J connectivity index is 2.42. The fourth-order valence-corrected chi connectivity index (χ4v) is 1.70. The van der Waals surface area contributed by atoms with E-state index in [1.165, 1.54) is 0 Å². The van der Waals surface area contributed by atoms with E-state index >= 15 is 0 Å². The number of amides is 1. The van der Waals surface area contributed by atoms with Crippen LogP contribution >= 0.6 is 0 Å². The molecule has 1 heterocycles. The predicted octanol–water partition coefficient (Wildman–Crippen LogP) is 0.806. The van der Waals surface area contributed by atoms with Crippen LogP contribution in [-0.4, -0.2) is 49.4 Å². The van der Waals surface area contributed by atoms with Crippen LogP contribution in [-0.2, 0) is 4.79 Å². The normalized spacial score (nSPS) is 21.2. The Bertz CT molecular complexity index is 199. The molecule has 13 heavy (non-hydrogen) atoms. The first-order chi connectivity index (χ1) is 5.91. The zero-order chi connectivity index (χ0) is 10.1. The van der Waals surface area contributed by atoms with Gasteiger partial charge in [-0.2, -0.15) is 0 Å². The fraction of sp³-hybridized carbons (Fsp3) is 0.900. The molecule has 0 saturated carbocycles. The van der Waals surface area contributed by atoms with E-state index in [1.807, 2.05) is 23.9 Å². The van der Waals surface area contributed by atoms with Gasteiger partial charge in [-0.05, 0) is 25.9 Å². The average Bonchev–Trinajstić information content (AvgIpc) is 2.28. The van der Waals surface area contributed by atoms with Crippen molar-refractivity contribution in [3.63, 3.8) is 0 Å². The molecule has 0 aliphatic carbocycles. The molecule has 1 amide bonds. The highest BCUT2D eigenvalue weighted by atomic mass is 16.2. The predicted molar refractivity (Wildman–Crippen MR) is 53.5 cm³/mol. The zero-order valence-corrected chi connectivity index (χ0v) is 9.13. The van der Waals surface area contributed by atoms with Crippen LogP contribution in [0.5, 0.6) is 0 Å². The number of carbonyl (C=O) groups is 1. The van der Waals surface area contributed by atoms with Crippen LogP contribution in [0.3, 0.4) is 0 Å². The van der Waals surface area contributed by atoms with Gasteiger partial charge in [0.1, 0.15) is 0 Å². The summed E-state index contributed by atoms with van der Waals surface area (Å²) < 4.78 is 0. The fourth-order valence-electron chi connectivity index (χ4n) is 1.70. The third kappa shape index (κ3) is 2.99. The number of hydrogen-bond acceptors (Lipinski definition) is 2. The Morgan fingerprint density at radius 1 is 1.46 bits per heavy atom. The van der Waals surface area contributed by atoms with Gasteiger partial charge in [0.2, 0.25) is 5.91 Å². The van der Waals surface area contributed by atoms with Gasteiger partial charge in [0.15, 0.2) is 0 Å². The van der Waals surface area contributed by atoms with Crippen molar-refractivity contribution in [3.05, 3.63) is 0 Å². The molecule has 0 unspecified atom stereocenters. The molecule has 1 aliphatic heterocycles. The molecule has 0 aromatic rings. The number of likely N-dealkylation sites (tertiary alicyclic amines) is 1. The zero-order valence-electron chi connectivity index (χ0n) is 9.13. The molecule has 3 nitrogen and oxygen atoms in total. The second-order valence-corrected chi connectivity index (χ2v) is 4.97. The van der Waals surface area contributed by atoms with Crippen molar-refractivity contribution in [1.82, 2.24) is 9.80 Å². The Hall–Kier alpha value is -0.570. The van der Waals surface area contributed by atoms with E-state index in [9.17, 15) is 4.79 Å². The molecule has 0 N–H and O–H groups in total. The highest BCUT2D eigenvalue weighted by Gasteiger charge is 2.31. The Labute approximate surface area is 80.7 Å². The lowest BCUT2D eigenvalue weighted by Gasteiger charge is -2.21. The summed E-state index contributed by atoms with van der Waals surface area (Å²) in [6, 6.07) is 0. The van der Waals surface area contributed by atoms with Gasteiger partial charge < -0.3 is 9.80 Å². The Morgan fingerprint density at radius 3 is 2.46 bits per heavy atom. The molecule has 0 spiro atoms. The monoisotopic (exact) mass is 184 g/mol. The van der Waals surface area contributed by atoms with Gasteiger partial charge in [0, 0.05) is 13.1 Å². The summed E-state index contributed by atoms with van der Waals surface area (Å²) in [6.45, 7) is 6.82. The molecule has 76 valence electrons. The number of carbonyl (C=O) groups excluding carboxylic acids is 1. The number of likely N-dealkylation sites (N-methyl/N-ethyl adjacent to an activating group) is 1. The third-order valence-corrected chi connectivity index (χ3v) is 2.48. The molecule has 3 heteroatoms. The van der Waals surface area contributed by atoms with Gasteiger partial charge in [-0.15, -0.1) is 0 Å². The molecule has 0 radical (unpaired) electrons. The summed E-state index contributed by atoms with van der Waals surface area (Å²) in [4.78, 5) is 15.5. The largest absolute Gasteiger partial charge is 0.341 e. The molecule has 0 atom stereocenters. The van der Waals surface area contributed by atoms with Crippen molar-refractivity contribution < 1.29 is 4.79 Å². The number of rotatable bonds is 2. The Morgan fingerprint density at radius 2 is 2.08 bits per heavy atom. The average molecular weight is 184 g/mol. The minimum atomic E-state index is 0.260. The van der Waals surface area contributed by atoms with Gasteiger partial charge in [-0.25, -0.2) is 0 Å². The van der Waals surface area contributed by atoms with E-state index in [0.717, 1.165) is 19.5 Å². The summed E-state index contributed by atoms with van der Waals surface area (Å²) in [5, 5.41) is 0. The second kappa shape index (κ2) is 3.66. The van der Waals surface area contributed by atoms with E-state index in [4.69, 9.17) is 0 Å². The lowest BCUT2D eigenvalue weighted by atomic mass is 9.93. The maximum absolute atomic E-state index is 11.6. The van der Waals surface area contributed by atoms with E-state index in [0.29, 0.717) is 12.0 Å². The molecule has 1 fully saturated rings. The number of nitrogens with zero attached hydrogens (tertiary/aromatic N) is 2. The summed E-state index contributed by atoms with van der Waals surface area (Å²) in [6.07, 6.45) is 1.13. The standard InChI is InChI=1S/C10H20N2O/c1-10(2)5-6-12(8-10)9(13)7-11(3)4/h5-8H2,1-4H3. The maximum Gasteiger partial charge on any atom is 0.236 e. The summed E-state index contributed by atoms with van der Waals surface area (Å²) in [5.74, 6) is 0.260. The van der Waals surface area contributed by atoms with Crippen molar-refractivity contribution >= 4 is 5.91 Å². The van der Waals surface area contributed by atoms with Crippen LogP contribution in [0.4, 0.5) is 0 Å². The minimum Gasteiger partial charge on any atom is -0.341 e. The van der Waals surface area contributed by atoms with Crippen LogP contribution in [0, 0.1) is 5.41 Å². The van der Waals surface area contributed by atoms with Crippen LogP contribution in [0.25, 0.3) is 0 Å². The summed E-state index contributed by atoms with van der Waals surface area (Å²) >= 11 is 0. The van der Waals surface area contributed by atoms with E-state index in [-0.39, 0.29) is 5.91 Å². The van der Waals surface area contributed by atoms with E-state index < -0.39 is 0 Å². The maximum atomic E-state index is 11.6. The van der Waals surface area contributed by atoms with Gasteiger partial charge in [0.05, 0.1) is 6.54 Å². The molecular weight excluding hydrogens is 164 g/mol. The lowest BCUT2D eigenvalue weighted by molar-refractivity contribution is -0.131. The highest BCUT2D eigenvalue weighted by Crippen LogP contribution is 2.28. The molecule has 1 rings (SSSR count). The first-order valence-electron chi connectivity index (χ1n) is 4.83. The molecule has 0 aromatic carbocycles. The van der Waals surface area contributed by atoms with Gasteiger partial charge >= 0.3 is 0 Å². The smallest absolute Gasteiger partial charge is 0.236 e. The van der Waals surface area contributed by atoms with Crippen LogP contribution in [0.15, 0.2) is 0 Å². The molecule has 0 bridgehead atoms. The van der Waals surface area contributed by atoms with Gasteiger partial charge in [-0.1, -0.05) is 13.8 Å².